The van der Waals surface area contributed by atoms with E-state index in [0.29, 0.717) is 6.54 Å². The molecule has 2 rings (SSSR count). The average molecular weight is 331 g/mol. The molecule has 0 spiro atoms. The highest BCUT2D eigenvalue weighted by molar-refractivity contribution is 7.89. The van der Waals surface area contributed by atoms with Gasteiger partial charge in [0.05, 0.1) is 5.02 Å². The van der Waals surface area contributed by atoms with Crippen molar-refractivity contribution >= 4 is 21.6 Å². The van der Waals surface area contributed by atoms with Gasteiger partial charge in [0.2, 0.25) is 10.0 Å². The first-order valence-electron chi connectivity index (χ1n) is 7.54. The highest BCUT2D eigenvalue weighted by Gasteiger charge is 2.22. The standard InChI is InChI=1S/C15H23ClN2O2S/c16-14-10-12(11-17)8-9-15(14)21(19,20)18-13-6-4-2-1-3-5-7-13/h8-10,13,18H,1-7,11,17H2. The fourth-order valence-corrected chi connectivity index (χ4v) is 4.62. The quantitative estimate of drug-likeness (QED) is 0.890. The lowest BCUT2D eigenvalue weighted by Gasteiger charge is -2.21. The van der Waals surface area contributed by atoms with Crippen LogP contribution in [0.3, 0.4) is 0 Å². The second-order valence-corrected chi connectivity index (χ2v) is 7.72. The summed E-state index contributed by atoms with van der Waals surface area (Å²) >= 11 is 6.09. The summed E-state index contributed by atoms with van der Waals surface area (Å²) in [6.45, 7) is 0.343. The molecular weight excluding hydrogens is 308 g/mol. The third kappa shape index (κ3) is 4.68. The van der Waals surface area contributed by atoms with Crippen molar-refractivity contribution in [3.63, 3.8) is 0 Å². The largest absolute Gasteiger partial charge is 0.326 e. The summed E-state index contributed by atoms with van der Waals surface area (Å²) in [5.74, 6) is 0. The monoisotopic (exact) mass is 330 g/mol. The Kier molecular flexibility index (Phi) is 6.05. The normalized spacial score (nSPS) is 18.2. The maximum Gasteiger partial charge on any atom is 0.242 e. The molecule has 4 nitrogen and oxygen atoms in total. The molecule has 0 radical (unpaired) electrons. The van der Waals surface area contributed by atoms with Gasteiger partial charge in [0.1, 0.15) is 4.90 Å². The summed E-state index contributed by atoms with van der Waals surface area (Å²) in [4.78, 5) is 0.142. The van der Waals surface area contributed by atoms with Crippen LogP contribution in [0, 0.1) is 0 Å². The van der Waals surface area contributed by atoms with Crippen LogP contribution >= 0.6 is 11.6 Å². The van der Waals surface area contributed by atoms with Gasteiger partial charge in [0, 0.05) is 12.6 Å². The van der Waals surface area contributed by atoms with Crippen LogP contribution in [0.5, 0.6) is 0 Å². The summed E-state index contributed by atoms with van der Waals surface area (Å²) in [5.41, 5.74) is 6.36. The van der Waals surface area contributed by atoms with Crippen molar-refractivity contribution in [1.29, 1.82) is 0 Å². The summed E-state index contributed by atoms with van der Waals surface area (Å²) < 4.78 is 27.8. The Labute approximate surface area is 132 Å². The van der Waals surface area contributed by atoms with E-state index in [0.717, 1.165) is 31.2 Å². The van der Waals surface area contributed by atoms with Crippen molar-refractivity contribution in [3.05, 3.63) is 28.8 Å². The number of benzene rings is 1. The van der Waals surface area contributed by atoms with Gasteiger partial charge in [-0.25, -0.2) is 13.1 Å². The van der Waals surface area contributed by atoms with Gasteiger partial charge in [0.15, 0.2) is 0 Å². The number of halogens is 1. The maximum absolute atomic E-state index is 12.5. The lowest BCUT2D eigenvalue weighted by Crippen LogP contribution is -2.35. The number of hydrogen-bond acceptors (Lipinski definition) is 3. The third-order valence-corrected chi connectivity index (χ3v) is 5.95. The van der Waals surface area contributed by atoms with Gasteiger partial charge in [-0.1, -0.05) is 49.8 Å². The van der Waals surface area contributed by atoms with E-state index < -0.39 is 10.0 Å². The van der Waals surface area contributed by atoms with Crippen molar-refractivity contribution in [2.75, 3.05) is 0 Å². The number of sulfonamides is 1. The molecule has 21 heavy (non-hydrogen) atoms. The molecule has 0 unspecified atom stereocenters. The van der Waals surface area contributed by atoms with E-state index >= 15 is 0 Å². The molecule has 0 aromatic heterocycles. The van der Waals surface area contributed by atoms with Crippen LogP contribution < -0.4 is 10.5 Å². The molecular formula is C15H23ClN2O2S. The topological polar surface area (TPSA) is 72.2 Å². The van der Waals surface area contributed by atoms with Gasteiger partial charge in [-0.2, -0.15) is 0 Å². The molecule has 1 aliphatic rings. The highest BCUT2D eigenvalue weighted by atomic mass is 35.5. The zero-order valence-corrected chi connectivity index (χ0v) is 13.7. The average Bonchev–Trinajstić information content (AvgIpc) is 2.41. The Hall–Kier alpha value is -0.620. The third-order valence-electron chi connectivity index (χ3n) is 3.95. The molecule has 1 aliphatic carbocycles. The van der Waals surface area contributed by atoms with Gasteiger partial charge in [-0.05, 0) is 30.5 Å². The van der Waals surface area contributed by atoms with Crippen LogP contribution in [0.15, 0.2) is 23.1 Å². The Balaban J connectivity index is 2.13. The first-order valence-corrected chi connectivity index (χ1v) is 9.40. The molecule has 1 fully saturated rings. The lowest BCUT2D eigenvalue weighted by molar-refractivity contribution is 0.426. The Morgan fingerprint density at radius 2 is 1.76 bits per heavy atom. The predicted octanol–water partition coefficient (Wildman–Crippen LogP) is 3.19. The zero-order valence-electron chi connectivity index (χ0n) is 12.1. The van der Waals surface area contributed by atoms with Crippen LogP contribution in [-0.2, 0) is 16.6 Å². The van der Waals surface area contributed by atoms with E-state index in [2.05, 4.69) is 4.72 Å². The minimum Gasteiger partial charge on any atom is -0.326 e. The molecule has 118 valence electrons. The number of nitrogens with one attached hydrogen (secondary N) is 1. The zero-order chi connectivity index (χ0) is 15.3. The smallest absolute Gasteiger partial charge is 0.242 e. The Morgan fingerprint density at radius 3 is 2.33 bits per heavy atom. The second-order valence-electron chi connectivity index (χ2n) is 5.63. The van der Waals surface area contributed by atoms with Gasteiger partial charge < -0.3 is 5.73 Å². The van der Waals surface area contributed by atoms with E-state index in [9.17, 15) is 8.42 Å². The van der Waals surface area contributed by atoms with Crippen LogP contribution in [0.1, 0.15) is 50.5 Å². The molecule has 0 aliphatic heterocycles. The van der Waals surface area contributed by atoms with Crippen molar-refractivity contribution in [2.45, 2.75) is 62.4 Å². The highest BCUT2D eigenvalue weighted by Crippen LogP contribution is 2.24. The molecule has 1 saturated carbocycles. The summed E-state index contributed by atoms with van der Waals surface area (Å²) in [5, 5.41) is 0.233. The molecule has 0 atom stereocenters. The van der Waals surface area contributed by atoms with Crippen LogP contribution in [0.25, 0.3) is 0 Å². The van der Waals surface area contributed by atoms with Crippen molar-refractivity contribution in [2.24, 2.45) is 5.73 Å². The van der Waals surface area contributed by atoms with E-state index in [1.807, 2.05) is 0 Å². The van der Waals surface area contributed by atoms with Gasteiger partial charge in [-0.15, -0.1) is 0 Å². The van der Waals surface area contributed by atoms with Gasteiger partial charge in [-0.3, -0.25) is 0 Å². The van der Waals surface area contributed by atoms with E-state index in [1.165, 1.54) is 25.3 Å². The summed E-state index contributed by atoms with van der Waals surface area (Å²) in [6, 6.07) is 4.88. The SMILES string of the molecule is NCc1ccc(S(=O)(=O)NC2CCCCCCC2)c(Cl)c1. The fraction of sp³-hybridized carbons (Fsp3) is 0.600. The molecule has 0 amide bonds. The Bertz CT molecular complexity index is 567. The summed E-state index contributed by atoms with van der Waals surface area (Å²) in [6.07, 6.45) is 7.58. The van der Waals surface area contributed by atoms with Crippen LogP contribution in [0.2, 0.25) is 5.02 Å². The number of hydrogen-bond donors (Lipinski definition) is 2. The van der Waals surface area contributed by atoms with Gasteiger partial charge >= 0.3 is 0 Å². The molecule has 6 heteroatoms. The van der Waals surface area contributed by atoms with Crippen molar-refractivity contribution in [3.8, 4) is 0 Å². The maximum atomic E-state index is 12.5. The minimum atomic E-state index is -3.57. The van der Waals surface area contributed by atoms with Gasteiger partial charge in [0.25, 0.3) is 0 Å². The fourth-order valence-electron chi connectivity index (χ4n) is 2.75. The molecule has 1 aromatic carbocycles. The van der Waals surface area contributed by atoms with Crippen LogP contribution in [-0.4, -0.2) is 14.5 Å². The first kappa shape index (κ1) is 16.7. The van der Waals surface area contributed by atoms with Crippen LogP contribution in [0.4, 0.5) is 0 Å². The van der Waals surface area contributed by atoms with E-state index in [1.54, 1.807) is 12.1 Å². The molecule has 0 saturated heterocycles. The molecule has 3 N–H and O–H groups in total. The minimum absolute atomic E-state index is 0.0144. The summed E-state index contributed by atoms with van der Waals surface area (Å²) in [7, 11) is -3.57. The molecule has 1 aromatic rings. The van der Waals surface area contributed by atoms with E-state index in [4.69, 9.17) is 17.3 Å². The molecule has 0 heterocycles. The van der Waals surface area contributed by atoms with Crippen molar-refractivity contribution in [1.82, 2.24) is 4.72 Å². The number of nitrogens with two attached hydrogens (primary N) is 1. The molecule has 0 bridgehead atoms. The Morgan fingerprint density at radius 1 is 1.14 bits per heavy atom. The second kappa shape index (κ2) is 7.58. The van der Waals surface area contributed by atoms with Crippen molar-refractivity contribution < 1.29 is 8.42 Å². The lowest BCUT2D eigenvalue weighted by atomic mass is 9.97. The predicted molar refractivity (Wildman–Crippen MR) is 85.8 cm³/mol. The first-order chi connectivity index (χ1) is 10.0. The number of rotatable bonds is 4. The van der Waals surface area contributed by atoms with E-state index in [-0.39, 0.29) is 16.0 Å².